The molecule has 2 rings (SSSR count). The SMILES string of the molecule is COc1c(C(=O)CC(C)=O)c(O)c(OC)c2occc12. The summed E-state index contributed by atoms with van der Waals surface area (Å²) in [7, 11) is 2.72. The lowest BCUT2D eigenvalue weighted by atomic mass is 10.0. The third-order valence-corrected chi connectivity index (χ3v) is 2.89. The minimum Gasteiger partial charge on any atom is -0.504 e. The largest absolute Gasteiger partial charge is 0.504 e. The van der Waals surface area contributed by atoms with E-state index in [0.29, 0.717) is 5.39 Å². The maximum atomic E-state index is 12.1. The molecular weight excluding hydrogens is 264 g/mol. The Labute approximate surface area is 114 Å². The van der Waals surface area contributed by atoms with Crippen LogP contribution >= 0.6 is 0 Å². The van der Waals surface area contributed by atoms with E-state index >= 15 is 0 Å². The molecule has 0 fully saturated rings. The Morgan fingerprint density at radius 3 is 2.45 bits per heavy atom. The molecule has 0 aliphatic heterocycles. The summed E-state index contributed by atoms with van der Waals surface area (Å²) in [4.78, 5) is 23.3. The molecule has 0 aliphatic rings. The van der Waals surface area contributed by atoms with Crippen molar-refractivity contribution in [3.8, 4) is 17.2 Å². The minimum atomic E-state index is -0.534. The Kier molecular flexibility index (Phi) is 3.65. The van der Waals surface area contributed by atoms with Crippen LogP contribution in [0, 0.1) is 0 Å². The molecule has 2 aromatic rings. The highest BCUT2D eigenvalue weighted by atomic mass is 16.5. The molecular formula is C14H14O6. The van der Waals surface area contributed by atoms with Crippen LogP contribution in [0.2, 0.25) is 0 Å². The Bertz CT molecular complexity index is 683. The number of hydrogen-bond acceptors (Lipinski definition) is 6. The Morgan fingerprint density at radius 2 is 1.90 bits per heavy atom. The summed E-state index contributed by atoms with van der Waals surface area (Å²) in [5.41, 5.74) is 0.203. The predicted molar refractivity (Wildman–Crippen MR) is 70.6 cm³/mol. The molecule has 1 N–H and O–H groups in total. The number of aromatic hydroxyl groups is 1. The van der Waals surface area contributed by atoms with Crippen molar-refractivity contribution in [2.24, 2.45) is 0 Å². The quantitative estimate of drug-likeness (QED) is 0.667. The first kappa shape index (κ1) is 13.9. The van der Waals surface area contributed by atoms with Crippen LogP contribution in [-0.4, -0.2) is 30.9 Å². The topological polar surface area (TPSA) is 86.0 Å². The molecule has 0 amide bonds. The van der Waals surface area contributed by atoms with Crippen LogP contribution in [0.1, 0.15) is 23.7 Å². The van der Waals surface area contributed by atoms with Gasteiger partial charge in [-0.2, -0.15) is 0 Å². The lowest BCUT2D eigenvalue weighted by molar-refractivity contribution is -0.116. The third-order valence-electron chi connectivity index (χ3n) is 2.89. The Balaban J connectivity index is 2.77. The number of phenolic OH excluding ortho intramolecular Hbond substituents is 1. The molecule has 0 bridgehead atoms. The lowest BCUT2D eigenvalue weighted by Crippen LogP contribution is -2.08. The summed E-state index contributed by atoms with van der Waals surface area (Å²) >= 11 is 0. The highest BCUT2D eigenvalue weighted by Gasteiger charge is 2.27. The average molecular weight is 278 g/mol. The minimum absolute atomic E-state index is 0.0395. The summed E-state index contributed by atoms with van der Waals surface area (Å²) in [5, 5.41) is 10.7. The fourth-order valence-electron chi connectivity index (χ4n) is 2.10. The third kappa shape index (κ3) is 2.09. The molecule has 1 aromatic heterocycles. The van der Waals surface area contributed by atoms with Crippen LogP contribution in [-0.2, 0) is 4.79 Å². The Morgan fingerprint density at radius 1 is 1.25 bits per heavy atom. The number of benzene rings is 1. The number of phenols is 1. The van der Waals surface area contributed by atoms with Crippen molar-refractivity contribution in [2.45, 2.75) is 13.3 Å². The van der Waals surface area contributed by atoms with Gasteiger partial charge in [-0.1, -0.05) is 0 Å². The normalized spacial score (nSPS) is 10.6. The summed E-state index contributed by atoms with van der Waals surface area (Å²) in [6, 6.07) is 1.60. The van der Waals surface area contributed by atoms with Gasteiger partial charge in [-0.15, -0.1) is 0 Å². The van der Waals surface area contributed by atoms with E-state index in [2.05, 4.69) is 0 Å². The van der Waals surface area contributed by atoms with Crippen molar-refractivity contribution in [3.63, 3.8) is 0 Å². The van der Waals surface area contributed by atoms with Crippen molar-refractivity contribution in [2.75, 3.05) is 14.2 Å². The van der Waals surface area contributed by atoms with Gasteiger partial charge < -0.3 is 19.0 Å². The average Bonchev–Trinajstić information content (AvgIpc) is 2.85. The molecule has 0 saturated carbocycles. The highest BCUT2D eigenvalue weighted by Crippen LogP contribution is 2.45. The van der Waals surface area contributed by atoms with Crippen LogP contribution in [0.5, 0.6) is 17.2 Å². The molecule has 1 aromatic carbocycles. The first-order chi connectivity index (χ1) is 9.51. The molecule has 20 heavy (non-hydrogen) atoms. The van der Waals surface area contributed by atoms with E-state index in [1.165, 1.54) is 27.4 Å². The van der Waals surface area contributed by atoms with Gasteiger partial charge in [0.15, 0.2) is 17.1 Å². The standard InChI is InChI=1S/C14H14O6/c1-7(15)6-9(16)10-11(17)14(19-3)13-8(4-5-20-13)12(10)18-2/h4-5,17H,6H2,1-3H3. The number of fused-ring (bicyclic) bond motifs is 1. The fourth-order valence-corrected chi connectivity index (χ4v) is 2.10. The first-order valence-electron chi connectivity index (χ1n) is 5.88. The zero-order valence-corrected chi connectivity index (χ0v) is 11.4. The van der Waals surface area contributed by atoms with Crippen LogP contribution < -0.4 is 9.47 Å². The number of furan rings is 1. The zero-order valence-electron chi connectivity index (χ0n) is 11.4. The van der Waals surface area contributed by atoms with Crippen LogP contribution in [0.25, 0.3) is 11.0 Å². The van der Waals surface area contributed by atoms with E-state index in [-0.39, 0.29) is 34.8 Å². The number of carbonyl (C=O) groups excluding carboxylic acids is 2. The number of ether oxygens (including phenoxy) is 2. The van der Waals surface area contributed by atoms with Crippen molar-refractivity contribution >= 4 is 22.5 Å². The van der Waals surface area contributed by atoms with Gasteiger partial charge in [0.25, 0.3) is 0 Å². The zero-order chi connectivity index (χ0) is 14.9. The van der Waals surface area contributed by atoms with Crippen LogP contribution in [0.3, 0.4) is 0 Å². The van der Waals surface area contributed by atoms with Gasteiger partial charge in [0.2, 0.25) is 5.75 Å². The lowest BCUT2D eigenvalue weighted by Gasteiger charge is -2.13. The molecule has 0 aliphatic carbocycles. The van der Waals surface area contributed by atoms with E-state index in [9.17, 15) is 14.7 Å². The van der Waals surface area contributed by atoms with E-state index in [1.807, 2.05) is 0 Å². The van der Waals surface area contributed by atoms with Gasteiger partial charge in [0, 0.05) is 0 Å². The molecule has 6 heteroatoms. The van der Waals surface area contributed by atoms with Crippen molar-refractivity contribution in [3.05, 3.63) is 17.9 Å². The number of carbonyl (C=O) groups is 2. The number of Topliss-reactive ketones (excluding diaryl/α,β-unsaturated/α-hetero) is 2. The second-order valence-corrected chi connectivity index (χ2v) is 4.26. The van der Waals surface area contributed by atoms with Gasteiger partial charge in [0.1, 0.15) is 17.1 Å². The Hall–Kier alpha value is -2.50. The van der Waals surface area contributed by atoms with Gasteiger partial charge in [0.05, 0.1) is 32.3 Å². The number of ketones is 2. The molecule has 0 unspecified atom stereocenters. The predicted octanol–water partition coefficient (Wildman–Crippen LogP) is 2.32. The highest BCUT2D eigenvalue weighted by molar-refractivity contribution is 6.14. The van der Waals surface area contributed by atoms with E-state index in [4.69, 9.17) is 13.9 Å². The molecule has 0 saturated heterocycles. The van der Waals surface area contributed by atoms with Gasteiger partial charge in [-0.3, -0.25) is 9.59 Å². The van der Waals surface area contributed by atoms with Crippen molar-refractivity contribution in [1.82, 2.24) is 0 Å². The monoisotopic (exact) mass is 278 g/mol. The molecule has 0 radical (unpaired) electrons. The second-order valence-electron chi connectivity index (χ2n) is 4.26. The summed E-state index contributed by atoms with van der Waals surface area (Å²) in [6.07, 6.45) is 1.07. The number of hydrogen-bond donors (Lipinski definition) is 1. The van der Waals surface area contributed by atoms with Gasteiger partial charge in [-0.05, 0) is 13.0 Å². The van der Waals surface area contributed by atoms with E-state index in [0.717, 1.165) is 0 Å². The smallest absolute Gasteiger partial charge is 0.205 e. The van der Waals surface area contributed by atoms with Crippen molar-refractivity contribution < 1.29 is 28.6 Å². The number of methoxy groups -OCH3 is 2. The van der Waals surface area contributed by atoms with Crippen molar-refractivity contribution in [1.29, 1.82) is 0 Å². The maximum Gasteiger partial charge on any atom is 0.205 e. The molecule has 0 spiro atoms. The second kappa shape index (κ2) is 5.24. The summed E-state index contributed by atoms with van der Waals surface area (Å²) in [6.45, 7) is 1.30. The van der Waals surface area contributed by atoms with Crippen LogP contribution in [0.15, 0.2) is 16.7 Å². The molecule has 1 heterocycles. The molecule has 0 atom stereocenters. The summed E-state index contributed by atoms with van der Waals surface area (Å²) in [5.74, 6) is -1.02. The first-order valence-corrected chi connectivity index (χ1v) is 5.88. The summed E-state index contributed by atoms with van der Waals surface area (Å²) < 4.78 is 15.5. The molecule has 6 nitrogen and oxygen atoms in total. The molecule has 106 valence electrons. The van der Waals surface area contributed by atoms with E-state index in [1.54, 1.807) is 6.07 Å². The van der Waals surface area contributed by atoms with E-state index < -0.39 is 11.5 Å². The van der Waals surface area contributed by atoms with Crippen LogP contribution in [0.4, 0.5) is 0 Å². The van der Waals surface area contributed by atoms with Gasteiger partial charge in [-0.25, -0.2) is 0 Å². The number of rotatable bonds is 5. The fraction of sp³-hybridized carbons (Fsp3) is 0.286. The van der Waals surface area contributed by atoms with Gasteiger partial charge >= 0.3 is 0 Å². The maximum absolute atomic E-state index is 12.1.